The number of carbonyl (C=O) groups excluding carboxylic acids is 1. The van der Waals surface area contributed by atoms with E-state index in [4.69, 9.17) is 21.1 Å². The van der Waals surface area contributed by atoms with Gasteiger partial charge in [0, 0.05) is 11.3 Å². The third-order valence-corrected chi connectivity index (χ3v) is 4.30. The molecule has 0 atom stereocenters. The molecule has 122 valence electrons. The van der Waals surface area contributed by atoms with Crippen molar-refractivity contribution in [3.8, 4) is 5.75 Å². The summed E-state index contributed by atoms with van der Waals surface area (Å²) in [5.74, 6) is 0.0905. The van der Waals surface area contributed by atoms with Crippen LogP contribution in [0.4, 0.5) is 0 Å². The van der Waals surface area contributed by atoms with Gasteiger partial charge in [0.25, 0.3) is 0 Å². The van der Waals surface area contributed by atoms with Crippen molar-refractivity contribution in [3.63, 3.8) is 0 Å². The lowest BCUT2D eigenvalue weighted by Gasteiger charge is -2.08. The zero-order valence-electron chi connectivity index (χ0n) is 12.4. The van der Waals surface area contributed by atoms with Gasteiger partial charge in [-0.25, -0.2) is 13.2 Å². The molecule has 0 aliphatic carbocycles. The average Bonchev–Trinajstić information content (AvgIpc) is 2.52. The van der Waals surface area contributed by atoms with E-state index in [1.54, 1.807) is 24.3 Å². The van der Waals surface area contributed by atoms with Gasteiger partial charge in [-0.3, -0.25) is 0 Å². The first-order chi connectivity index (χ1) is 10.9. The van der Waals surface area contributed by atoms with Crippen LogP contribution < -0.4 is 4.74 Å². The number of esters is 1. The number of ether oxygens (including phenoxy) is 2. The van der Waals surface area contributed by atoms with Gasteiger partial charge < -0.3 is 9.47 Å². The fraction of sp³-hybridized carbons (Fsp3) is 0.188. The number of sulfone groups is 1. The molecule has 0 saturated carbocycles. The first kappa shape index (κ1) is 17.3. The first-order valence-electron chi connectivity index (χ1n) is 6.72. The zero-order chi connectivity index (χ0) is 16.9. The van der Waals surface area contributed by atoms with Crippen LogP contribution >= 0.6 is 11.6 Å². The molecule has 0 aliphatic rings. The molecule has 0 saturated heterocycles. The molecule has 0 spiro atoms. The molecule has 0 bridgehead atoms. The van der Waals surface area contributed by atoms with Gasteiger partial charge in [0.2, 0.25) is 0 Å². The van der Waals surface area contributed by atoms with Crippen molar-refractivity contribution >= 4 is 27.4 Å². The number of hydrogen-bond donors (Lipinski definition) is 0. The van der Waals surface area contributed by atoms with Gasteiger partial charge in [-0.15, -0.1) is 0 Å². The highest BCUT2D eigenvalue weighted by Crippen LogP contribution is 2.15. The van der Waals surface area contributed by atoms with Gasteiger partial charge in [-0.1, -0.05) is 11.6 Å². The Morgan fingerprint density at radius 1 is 1.00 bits per heavy atom. The Labute approximate surface area is 139 Å². The summed E-state index contributed by atoms with van der Waals surface area (Å²) in [7, 11) is -3.28. The molecule has 0 amide bonds. The van der Waals surface area contributed by atoms with E-state index < -0.39 is 15.8 Å². The lowest BCUT2D eigenvalue weighted by Crippen LogP contribution is -2.12. The SMILES string of the molecule is CS(=O)(=O)c1ccc(C(=O)OCCOc2ccc(Cl)cc2)cc1. The molecule has 0 fully saturated rings. The maximum Gasteiger partial charge on any atom is 0.338 e. The minimum Gasteiger partial charge on any atom is -0.490 e. The van der Waals surface area contributed by atoms with E-state index in [0.717, 1.165) is 6.26 Å². The lowest BCUT2D eigenvalue weighted by atomic mass is 10.2. The minimum absolute atomic E-state index is 0.0787. The predicted octanol–water partition coefficient (Wildman–Crippen LogP) is 2.98. The Kier molecular flexibility index (Phi) is 5.63. The number of halogens is 1. The topological polar surface area (TPSA) is 69.7 Å². The van der Waals surface area contributed by atoms with E-state index in [2.05, 4.69) is 0 Å². The van der Waals surface area contributed by atoms with Gasteiger partial charge in [-0.2, -0.15) is 0 Å². The van der Waals surface area contributed by atoms with Crippen LogP contribution in [0, 0.1) is 0 Å². The van der Waals surface area contributed by atoms with Crippen molar-refractivity contribution in [3.05, 3.63) is 59.1 Å². The first-order valence-corrected chi connectivity index (χ1v) is 8.99. The molecule has 7 heteroatoms. The molecule has 2 aromatic rings. The van der Waals surface area contributed by atoms with Crippen molar-refractivity contribution in [2.45, 2.75) is 4.90 Å². The van der Waals surface area contributed by atoms with E-state index in [-0.39, 0.29) is 23.7 Å². The normalized spacial score (nSPS) is 11.0. The zero-order valence-corrected chi connectivity index (χ0v) is 13.9. The second kappa shape index (κ2) is 7.48. The van der Waals surface area contributed by atoms with Crippen LogP contribution in [0.15, 0.2) is 53.4 Å². The third-order valence-electron chi connectivity index (χ3n) is 2.92. The van der Waals surface area contributed by atoms with Crippen LogP contribution in [-0.4, -0.2) is 33.9 Å². The van der Waals surface area contributed by atoms with Crippen LogP contribution in [0.5, 0.6) is 5.75 Å². The molecule has 0 heterocycles. The Balaban J connectivity index is 1.81. The molecule has 0 N–H and O–H groups in total. The molecule has 0 aromatic heterocycles. The molecular formula is C16H15ClO5S. The molecule has 2 rings (SSSR count). The maximum absolute atomic E-state index is 11.8. The Bertz CT molecular complexity index is 767. The predicted molar refractivity (Wildman–Crippen MR) is 86.8 cm³/mol. The van der Waals surface area contributed by atoms with Crippen LogP contribution in [0.25, 0.3) is 0 Å². The number of benzene rings is 2. The van der Waals surface area contributed by atoms with E-state index in [1.807, 2.05) is 0 Å². The molecule has 2 aromatic carbocycles. The number of carbonyl (C=O) groups is 1. The summed E-state index contributed by atoms with van der Waals surface area (Å²) in [6.07, 6.45) is 1.11. The van der Waals surface area contributed by atoms with E-state index in [9.17, 15) is 13.2 Å². The summed E-state index contributed by atoms with van der Waals surface area (Å²) in [5.41, 5.74) is 0.281. The highest BCUT2D eigenvalue weighted by atomic mass is 35.5. The Hall–Kier alpha value is -2.05. The van der Waals surface area contributed by atoms with Crippen LogP contribution in [0.1, 0.15) is 10.4 Å². The van der Waals surface area contributed by atoms with Crippen LogP contribution in [-0.2, 0) is 14.6 Å². The summed E-state index contributed by atoms with van der Waals surface area (Å²) >= 11 is 5.76. The molecule has 0 radical (unpaired) electrons. The molecule has 5 nitrogen and oxygen atoms in total. The van der Waals surface area contributed by atoms with Gasteiger partial charge in [-0.05, 0) is 48.5 Å². The van der Waals surface area contributed by atoms with E-state index in [0.29, 0.717) is 10.8 Å². The fourth-order valence-electron chi connectivity index (χ4n) is 1.75. The van der Waals surface area contributed by atoms with E-state index in [1.165, 1.54) is 24.3 Å². The van der Waals surface area contributed by atoms with Gasteiger partial charge in [0.15, 0.2) is 9.84 Å². The fourth-order valence-corrected chi connectivity index (χ4v) is 2.50. The van der Waals surface area contributed by atoms with Crippen molar-refractivity contribution in [1.82, 2.24) is 0 Å². The summed E-state index contributed by atoms with van der Waals surface area (Å²) < 4.78 is 33.1. The average molecular weight is 355 g/mol. The standard InChI is InChI=1S/C16H15ClO5S/c1-23(19,20)15-8-2-12(3-9-15)16(18)22-11-10-21-14-6-4-13(17)5-7-14/h2-9H,10-11H2,1H3. The maximum atomic E-state index is 11.8. The summed E-state index contributed by atoms with van der Waals surface area (Å²) in [5, 5.41) is 0.612. The minimum atomic E-state index is -3.28. The molecule has 0 unspecified atom stereocenters. The lowest BCUT2D eigenvalue weighted by molar-refractivity contribution is 0.0450. The van der Waals surface area contributed by atoms with Crippen LogP contribution in [0.2, 0.25) is 5.02 Å². The van der Waals surface area contributed by atoms with Crippen LogP contribution in [0.3, 0.4) is 0 Å². The Morgan fingerprint density at radius 2 is 1.61 bits per heavy atom. The van der Waals surface area contributed by atoms with Crippen molar-refractivity contribution < 1.29 is 22.7 Å². The largest absolute Gasteiger partial charge is 0.490 e. The van der Waals surface area contributed by atoms with E-state index >= 15 is 0 Å². The van der Waals surface area contributed by atoms with Crippen molar-refractivity contribution in [2.75, 3.05) is 19.5 Å². The summed E-state index contributed by atoms with van der Waals surface area (Å²) in [6.45, 7) is 0.282. The highest BCUT2D eigenvalue weighted by Gasteiger charge is 2.10. The van der Waals surface area contributed by atoms with Gasteiger partial charge in [0.05, 0.1) is 10.5 Å². The third kappa shape index (κ3) is 5.26. The van der Waals surface area contributed by atoms with Gasteiger partial charge >= 0.3 is 5.97 Å². The highest BCUT2D eigenvalue weighted by molar-refractivity contribution is 7.90. The second-order valence-corrected chi connectivity index (χ2v) is 7.19. The molecule has 23 heavy (non-hydrogen) atoms. The monoisotopic (exact) mass is 354 g/mol. The second-order valence-electron chi connectivity index (χ2n) is 4.73. The smallest absolute Gasteiger partial charge is 0.338 e. The number of rotatable bonds is 6. The van der Waals surface area contributed by atoms with Crippen molar-refractivity contribution in [1.29, 1.82) is 0 Å². The van der Waals surface area contributed by atoms with Crippen molar-refractivity contribution in [2.24, 2.45) is 0 Å². The molecular weight excluding hydrogens is 340 g/mol. The number of hydrogen-bond acceptors (Lipinski definition) is 5. The quantitative estimate of drug-likeness (QED) is 0.589. The van der Waals surface area contributed by atoms with Gasteiger partial charge in [0.1, 0.15) is 19.0 Å². The molecule has 0 aliphatic heterocycles. The summed E-state index contributed by atoms with van der Waals surface area (Å²) in [6, 6.07) is 12.4. The Morgan fingerprint density at radius 3 is 2.17 bits per heavy atom. The summed E-state index contributed by atoms with van der Waals surface area (Å²) in [4.78, 5) is 12.0.